The van der Waals surface area contributed by atoms with Crippen molar-refractivity contribution in [2.45, 2.75) is 39.7 Å². The summed E-state index contributed by atoms with van der Waals surface area (Å²) < 4.78 is 5.23. The molecule has 2 aromatic carbocycles. The molecular formula is C26H31ClN2O3. The number of hydrogen-bond acceptors (Lipinski definition) is 3. The zero-order chi connectivity index (χ0) is 23.5. The zero-order valence-corrected chi connectivity index (χ0v) is 19.9. The Bertz CT molecular complexity index is 970. The molecule has 0 aromatic heterocycles. The Morgan fingerprint density at radius 3 is 2.50 bits per heavy atom. The molecule has 32 heavy (non-hydrogen) atoms. The maximum atomic E-state index is 13.4. The van der Waals surface area contributed by atoms with Crippen LogP contribution in [0.3, 0.4) is 0 Å². The lowest BCUT2D eigenvalue weighted by atomic mass is 10.0. The number of methoxy groups -OCH3 is 1. The largest absolute Gasteiger partial charge is 0.495 e. The van der Waals surface area contributed by atoms with Crippen molar-refractivity contribution < 1.29 is 14.3 Å². The number of anilines is 1. The first kappa shape index (κ1) is 25.2. The maximum Gasteiger partial charge on any atom is 0.247 e. The predicted molar refractivity (Wildman–Crippen MR) is 131 cm³/mol. The summed E-state index contributed by atoms with van der Waals surface area (Å²) in [5.41, 5.74) is 2.42. The van der Waals surface area contributed by atoms with Crippen LogP contribution in [0.1, 0.15) is 32.8 Å². The minimum absolute atomic E-state index is 0.178. The zero-order valence-electron chi connectivity index (χ0n) is 19.1. The van der Waals surface area contributed by atoms with Crippen molar-refractivity contribution in [3.63, 3.8) is 0 Å². The number of carbonyl (C=O) groups is 2. The summed E-state index contributed by atoms with van der Waals surface area (Å²) in [6.07, 6.45) is 6.53. The summed E-state index contributed by atoms with van der Waals surface area (Å²) >= 11 is 6.33. The average Bonchev–Trinajstić information content (AvgIpc) is 2.80. The molecule has 0 saturated carbocycles. The SMILES string of the molecule is C/C=C\C=C(/C)C(C(=O)NCCc1ccccc1)N(C(=O)CC)c1ccc(OC)c(Cl)c1. The molecule has 0 saturated heterocycles. The Kier molecular flexibility index (Phi) is 10.0. The van der Waals surface area contributed by atoms with Crippen LogP contribution in [0.15, 0.2) is 72.3 Å². The number of ether oxygens (including phenoxy) is 1. The second kappa shape index (κ2) is 12.7. The van der Waals surface area contributed by atoms with Crippen LogP contribution in [0, 0.1) is 0 Å². The van der Waals surface area contributed by atoms with E-state index >= 15 is 0 Å². The highest BCUT2D eigenvalue weighted by Gasteiger charge is 2.32. The van der Waals surface area contributed by atoms with Gasteiger partial charge in [0.2, 0.25) is 11.8 Å². The molecule has 0 spiro atoms. The first-order valence-corrected chi connectivity index (χ1v) is 11.1. The molecule has 1 atom stereocenters. The molecule has 2 rings (SSSR count). The van der Waals surface area contributed by atoms with Gasteiger partial charge in [-0.05, 0) is 49.6 Å². The van der Waals surface area contributed by atoms with Crippen LogP contribution in [0.4, 0.5) is 5.69 Å². The van der Waals surface area contributed by atoms with Gasteiger partial charge in [0.05, 0.1) is 12.1 Å². The molecule has 1 unspecified atom stereocenters. The van der Waals surface area contributed by atoms with Crippen LogP contribution in [-0.2, 0) is 16.0 Å². The molecule has 2 aromatic rings. The summed E-state index contributed by atoms with van der Waals surface area (Å²) in [4.78, 5) is 27.9. The van der Waals surface area contributed by atoms with E-state index in [1.807, 2.05) is 62.4 Å². The van der Waals surface area contributed by atoms with Gasteiger partial charge in [-0.3, -0.25) is 14.5 Å². The highest BCUT2D eigenvalue weighted by Crippen LogP contribution is 2.31. The number of halogens is 1. The first-order chi connectivity index (χ1) is 15.4. The van der Waals surface area contributed by atoms with Gasteiger partial charge < -0.3 is 10.1 Å². The van der Waals surface area contributed by atoms with Crippen molar-refractivity contribution in [3.05, 3.63) is 82.9 Å². The van der Waals surface area contributed by atoms with Crippen molar-refractivity contribution >= 4 is 29.1 Å². The molecule has 0 heterocycles. The fourth-order valence-electron chi connectivity index (χ4n) is 3.35. The summed E-state index contributed by atoms with van der Waals surface area (Å²) in [5, 5.41) is 3.37. The molecular weight excluding hydrogens is 424 g/mol. The van der Waals surface area contributed by atoms with Crippen molar-refractivity contribution in [2.75, 3.05) is 18.6 Å². The van der Waals surface area contributed by atoms with E-state index in [1.54, 1.807) is 25.1 Å². The number of nitrogens with zero attached hydrogens (tertiary/aromatic N) is 1. The van der Waals surface area contributed by atoms with E-state index in [9.17, 15) is 9.59 Å². The number of rotatable bonds is 10. The van der Waals surface area contributed by atoms with Gasteiger partial charge in [-0.2, -0.15) is 0 Å². The summed E-state index contributed by atoms with van der Waals surface area (Å²) in [7, 11) is 1.53. The van der Waals surface area contributed by atoms with Crippen molar-refractivity contribution in [2.24, 2.45) is 0 Å². The van der Waals surface area contributed by atoms with Gasteiger partial charge in [-0.1, -0.05) is 67.1 Å². The number of nitrogens with one attached hydrogen (secondary N) is 1. The molecule has 0 aliphatic heterocycles. The quantitative estimate of drug-likeness (QED) is 0.493. The summed E-state index contributed by atoms with van der Waals surface area (Å²) in [6, 6.07) is 14.2. The molecule has 0 radical (unpaired) electrons. The van der Waals surface area contributed by atoms with Gasteiger partial charge >= 0.3 is 0 Å². The predicted octanol–water partition coefficient (Wildman–Crippen LogP) is 5.34. The standard InChI is InChI=1S/C26H31ClN2O3/c1-5-7-11-19(3)25(26(31)28-17-16-20-12-9-8-10-13-20)29(24(30)6-2)21-14-15-23(32-4)22(27)18-21/h5,7-15,18,25H,6,16-17H2,1-4H3,(H,28,31)/b7-5-,19-11+. The van der Waals surface area contributed by atoms with Gasteiger partial charge in [0.15, 0.2) is 0 Å². The first-order valence-electron chi connectivity index (χ1n) is 10.7. The lowest BCUT2D eigenvalue weighted by Gasteiger charge is -2.32. The van der Waals surface area contributed by atoms with E-state index in [-0.39, 0.29) is 18.2 Å². The fourth-order valence-corrected chi connectivity index (χ4v) is 3.60. The molecule has 1 N–H and O–H groups in total. The van der Waals surface area contributed by atoms with Crippen molar-refractivity contribution in [3.8, 4) is 5.75 Å². The van der Waals surface area contributed by atoms with Crippen LogP contribution in [0.25, 0.3) is 0 Å². The van der Waals surface area contributed by atoms with Gasteiger partial charge in [0.1, 0.15) is 11.8 Å². The highest BCUT2D eigenvalue weighted by molar-refractivity contribution is 6.32. The molecule has 5 nitrogen and oxygen atoms in total. The number of carbonyl (C=O) groups excluding carboxylic acids is 2. The fraction of sp³-hybridized carbons (Fsp3) is 0.308. The van der Waals surface area contributed by atoms with Crippen molar-refractivity contribution in [1.29, 1.82) is 0 Å². The molecule has 0 aliphatic carbocycles. The van der Waals surface area contributed by atoms with Crippen LogP contribution in [0.5, 0.6) is 5.75 Å². The smallest absolute Gasteiger partial charge is 0.247 e. The third-order valence-electron chi connectivity index (χ3n) is 5.03. The minimum atomic E-state index is -0.807. The Labute approximate surface area is 195 Å². The Balaban J connectivity index is 2.38. The topological polar surface area (TPSA) is 58.6 Å². The molecule has 6 heteroatoms. The van der Waals surface area contributed by atoms with Crippen molar-refractivity contribution in [1.82, 2.24) is 5.32 Å². The van der Waals surface area contributed by atoms with E-state index in [0.717, 1.165) is 11.1 Å². The Morgan fingerprint density at radius 1 is 1.19 bits per heavy atom. The molecule has 0 fully saturated rings. The second-order valence-corrected chi connectivity index (χ2v) is 7.71. The number of hydrogen-bond donors (Lipinski definition) is 1. The number of benzene rings is 2. The molecule has 0 bridgehead atoms. The van der Waals surface area contributed by atoms with Gasteiger partial charge in [-0.15, -0.1) is 0 Å². The van der Waals surface area contributed by atoms with Crippen LogP contribution in [-0.4, -0.2) is 31.5 Å². The minimum Gasteiger partial charge on any atom is -0.495 e. The lowest BCUT2D eigenvalue weighted by Crippen LogP contribution is -2.51. The highest BCUT2D eigenvalue weighted by atomic mass is 35.5. The van der Waals surface area contributed by atoms with E-state index < -0.39 is 6.04 Å². The third kappa shape index (κ3) is 6.72. The average molecular weight is 455 g/mol. The maximum absolute atomic E-state index is 13.4. The second-order valence-electron chi connectivity index (χ2n) is 7.30. The third-order valence-corrected chi connectivity index (χ3v) is 5.33. The summed E-state index contributed by atoms with van der Waals surface area (Å²) in [5.74, 6) is 0.0833. The van der Waals surface area contributed by atoms with Gasteiger partial charge in [0.25, 0.3) is 0 Å². The Morgan fingerprint density at radius 2 is 1.91 bits per heavy atom. The summed E-state index contributed by atoms with van der Waals surface area (Å²) in [6.45, 7) is 5.99. The van der Waals surface area contributed by atoms with E-state index in [1.165, 1.54) is 12.0 Å². The lowest BCUT2D eigenvalue weighted by molar-refractivity contribution is -0.125. The number of allylic oxidation sites excluding steroid dienone is 3. The monoisotopic (exact) mass is 454 g/mol. The van der Waals surface area contributed by atoms with Crippen LogP contribution >= 0.6 is 11.6 Å². The molecule has 2 amide bonds. The van der Waals surface area contributed by atoms with E-state index in [0.29, 0.717) is 29.4 Å². The van der Waals surface area contributed by atoms with Gasteiger partial charge in [0, 0.05) is 18.7 Å². The molecule has 170 valence electrons. The van der Waals surface area contributed by atoms with Crippen LogP contribution < -0.4 is 15.0 Å². The van der Waals surface area contributed by atoms with Gasteiger partial charge in [-0.25, -0.2) is 0 Å². The van der Waals surface area contributed by atoms with E-state index in [4.69, 9.17) is 16.3 Å². The van der Waals surface area contributed by atoms with Crippen LogP contribution in [0.2, 0.25) is 5.02 Å². The number of amides is 2. The normalized spacial score (nSPS) is 12.5. The van der Waals surface area contributed by atoms with E-state index in [2.05, 4.69) is 5.32 Å². The Hall–Kier alpha value is -3.05. The molecule has 0 aliphatic rings.